The smallest absolute Gasteiger partial charge is 0.166 e. The Bertz CT molecular complexity index is 462. The van der Waals surface area contributed by atoms with Crippen molar-refractivity contribution in [2.75, 3.05) is 13.7 Å². The van der Waals surface area contributed by atoms with Crippen molar-refractivity contribution < 1.29 is 14.6 Å². The van der Waals surface area contributed by atoms with E-state index in [9.17, 15) is 5.11 Å². The quantitative estimate of drug-likeness (QED) is 0.812. The number of rotatable bonds is 7. The zero-order valence-corrected chi connectivity index (χ0v) is 14.0. The van der Waals surface area contributed by atoms with Gasteiger partial charge in [-0.05, 0) is 51.6 Å². The summed E-state index contributed by atoms with van der Waals surface area (Å²) in [5, 5.41) is 13.3. The number of aliphatic hydroxyl groups is 1. The standard InChI is InChI=1S/C18H29NO3/c1-13(2)22-18-15(7-5-9-17(18)21-3)12-19-11-14-6-4-8-16(20)10-14/h5,7,9,13-14,16,19-20H,4,6,8,10-12H2,1-3H3. The minimum Gasteiger partial charge on any atom is -0.493 e. The van der Waals surface area contributed by atoms with Crippen LogP contribution in [0.3, 0.4) is 0 Å². The number of benzene rings is 1. The van der Waals surface area contributed by atoms with Crippen molar-refractivity contribution in [2.45, 2.75) is 58.3 Å². The van der Waals surface area contributed by atoms with Crippen molar-refractivity contribution in [2.24, 2.45) is 5.92 Å². The summed E-state index contributed by atoms with van der Waals surface area (Å²) < 4.78 is 11.3. The Morgan fingerprint density at radius 2 is 2.14 bits per heavy atom. The number of methoxy groups -OCH3 is 1. The zero-order chi connectivity index (χ0) is 15.9. The van der Waals surface area contributed by atoms with Crippen LogP contribution in [0.1, 0.15) is 45.1 Å². The second-order valence-electron chi connectivity index (χ2n) is 6.43. The first kappa shape index (κ1) is 17.1. The molecule has 0 spiro atoms. The molecule has 0 aromatic heterocycles. The molecular weight excluding hydrogens is 278 g/mol. The molecule has 1 aromatic rings. The van der Waals surface area contributed by atoms with Crippen LogP contribution in [0.2, 0.25) is 0 Å². The third-order valence-electron chi connectivity index (χ3n) is 4.14. The number of hydrogen-bond acceptors (Lipinski definition) is 4. The van der Waals surface area contributed by atoms with Gasteiger partial charge >= 0.3 is 0 Å². The van der Waals surface area contributed by atoms with Crippen LogP contribution >= 0.6 is 0 Å². The summed E-state index contributed by atoms with van der Waals surface area (Å²) in [6.07, 6.45) is 4.21. The van der Waals surface area contributed by atoms with Gasteiger partial charge in [-0.3, -0.25) is 0 Å². The first-order valence-corrected chi connectivity index (χ1v) is 8.31. The van der Waals surface area contributed by atoms with E-state index in [1.165, 1.54) is 6.42 Å². The van der Waals surface area contributed by atoms with Crippen molar-refractivity contribution in [3.05, 3.63) is 23.8 Å². The van der Waals surface area contributed by atoms with Crippen LogP contribution in [-0.2, 0) is 6.54 Å². The lowest BCUT2D eigenvalue weighted by atomic mass is 9.87. The van der Waals surface area contributed by atoms with Crippen molar-refractivity contribution in [3.8, 4) is 11.5 Å². The van der Waals surface area contributed by atoms with E-state index in [2.05, 4.69) is 11.4 Å². The second kappa shape index (κ2) is 8.39. The van der Waals surface area contributed by atoms with E-state index in [1.807, 2.05) is 26.0 Å². The first-order valence-electron chi connectivity index (χ1n) is 8.31. The van der Waals surface area contributed by atoms with Crippen LogP contribution in [0.4, 0.5) is 0 Å². The predicted molar refractivity (Wildman–Crippen MR) is 88.4 cm³/mol. The Hall–Kier alpha value is -1.26. The Morgan fingerprint density at radius 3 is 2.82 bits per heavy atom. The van der Waals surface area contributed by atoms with Crippen LogP contribution < -0.4 is 14.8 Å². The molecule has 2 atom stereocenters. The number of nitrogens with one attached hydrogen (secondary N) is 1. The second-order valence-corrected chi connectivity index (χ2v) is 6.43. The molecule has 1 aliphatic carbocycles. The molecule has 0 aliphatic heterocycles. The molecule has 0 amide bonds. The van der Waals surface area contributed by atoms with Crippen LogP contribution in [0.25, 0.3) is 0 Å². The highest BCUT2D eigenvalue weighted by Crippen LogP contribution is 2.32. The van der Waals surface area contributed by atoms with Crippen molar-refractivity contribution in [1.29, 1.82) is 0 Å². The monoisotopic (exact) mass is 307 g/mol. The third-order valence-corrected chi connectivity index (χ3v) is 4.14. The fourth-order valence-corrected chi connectivity index (χ4v) is 3.09. The predicted octanol–water partition coefficient (Wildman–Crippen LogP) is 3.12. The Labute approximate surface area is 133 Å². The summed E-state index contributed by atoms with van der Waals surface area (Å²) in [5.74, 6) is 2.18. The summed E-state index contributed by atoms with van der Waals surface area (Å²) >= 11 is 0. The molecular formula is C18H29NO3. The molecule has 124 valence electrons. The van der Waals surface area contributed by atoms with Crippen molar-refractivity contribution in [1.82, 2.24) is 5.32 Å². The SMILES string of the molecule is COc1cccc(CNCC2CCCC(O)C2)c1OC(C)C. The maximum Gasteiger partial charge on any atom is 0.166 e. The molecule has 22 heavy (non-hydrogen) atoms. The molecule has 0 bridgehead atoms. The van der Waals surface area contributed by atoms with E-state index >= 15 is 0 Å². The molecule has 2 unspecified atom stereocenters. The summed E-state index contributed by atoms with van der Waals surface area (Å²) in [6.45, 7) is 5.74. The van der Waals surface area contributed by atoms with Crippen LogP contribution in [0, 0.1) is 5.92 Å². The van der Waals surface area contributed by atoms with Crippen LogP contribution in [0.5, 0.6) is 11.5 Å². The number of hydrogen-bond donors (Lipinski definition) is 2. The molecule has 1 saturated carbocycles. The summed E-state index contributed by atoms with van der Waals surface area (Å²) in [6, 6.07) is 6.00. The minimum absolute atomic E-state index is 0.114. The van der Waals surface area contributed by atoms with Crippen LogP contribution in [0.15, 0.2) is 18.2 Å². The summed E-state index contributed by atoms with van der Waals surface area (Å²) in [5.41, 5.74) is 1.12. The molecule has 1 fully saturated rings. The molecule has 0 radical (unpaired) electrons. The molecule has 0 saturated heterocycles. The van der Waals surface area contributed by atoms with E-state index in [1.54, 1.807) is 7.11 Å². The summed E-state index contributed by atoms with van der Waals surface area (Å²) in [4.78, 5) is 0. The highest BCUT2D eigenvalue weighted by Gasteiger charge is 2.20. The van der Waals surface area contributed by atoms with Gasteiger partial charge in [0.05, 0.1) is 19.3 Å². The van der Waals surface area contributed by atoms with E-state index in [0.29, 0.717) is 5.92 Å². The Kier molecular flexibility index (Phi) is 6.52. The minimum atomic E-state index is -0.114. The fraction of sp³-hybridized carbons (Fsp3) is 0.667. The average Bonchev–Trinajstić information content (AvgIpc) is 2.48. The van der Waals surface area contributed by atoms with Gasteiger partial charge in [-0.15, -0.1) is 0 Å². The van der Waals surface area contributed by atoms with Crippen molar-refractivity contribution >= 4 is 0 Å². The third kappa shape index (κ3) is 4.89. The molecule has 1 aromatic carbocycles. The summed E-state index contributed by atoms with van der Waals surface area (Å²) in [7, 11) is 1.67. The van der Waals surface area contributed by atoms with Crippen molar-refractivity contribution in [3.63, 3.8) is 0 Å². The lowest BCUT2D eigenvalue weighted by Gasteiger charge is -2.26. The lowest BCUT2D eigenvalue weighted by Crippen LogP contribution is -2.29. The largest absolute Gasteiger partial charge is 0.493 e. The van der Waals surface area contributed by atoms with Crippen LogP contribution in [-0.4, -0.2) is 31.0 Å². The van der Waals surface area contributed by atoms with Gasteiger partial charge in [0.1, 0.15) is 0 Å². The molecule has 1 aliphatic rings. The highest BCUT2D eigenvalue weighted by molar-refractivity contribution is 5.46. The molecule has 0 heterocycles. The van der Waals surface area contributed by atoms with E-state index in [4.69, 9.17) is 9.47 Å². The molecule has 2 N–H and O–H groups in total. The van der Waals surface area contributed by atoms with Gasteiger partial charge in [-0.2, -0.15) is 0 Å². The van der Waals surface area contributed by atoms with Gasteiger partial charge in [0.2, 0.25) is 0 Å². The zero-order valence-electron chi connectivity index (χ0n) is 14.0. The van der Waals surface area contributed by atoms with Gasteiger partial charge in [0.25, 0.3) is 0 Å². The van der Waals surface area contributed by atoms with Gasteiger partial charge in [0, 0.05) is 12.1 Å². The van der Waals surface area contributed by atoms with E-state index in [-0.39, 0.29) is 12.2 Å². The molecule has 2 rings (SSSR count). The lowest BCUT2D eigenvalue weighted by molar-refractivity contribution is 0.100. The molecule has 4 nitrogen and oxygen atoms in total. The Balaban J connectivity index is 1.94. The van der Waals surface area contributed by atoms with E-state index in [0.717, 1.165) is 49.4 Å². The average molecular weight is 307 g/mol. The normalized spacial score (nSPS) is 21.9. The Morgan fingerprint density at radius 1 is 1.32 bits per heavy atom. The highest BCUT2D eigenvalue weighted by atomic mass is 16.5. The topological polar surface area (TPSA) is 50.7 Å². The number of ether oxygens (including phenoxy) is 2. The number of para-hydroxylation sites is 1. The fourth-order valence-electron chi connectivity index (χ4n) is 3.09. The maximum absolute atomic E-state index is 9.74. The number of aliphatic hydroxyl groups excluding tert-OH is 1. The van der Waals surface area contributed by atoms with Gasteiger partial charge in [-0.25, -0.2) is 0 Å². The van der Waals surface area contributed by atoms with Gasteiger partial charge in [-0.1, -0.05) is 18.6 Å². The maximum atomic E-state index is 9.74. The first-order chi connectivity index (χ1) is 10.6. The molecule has 4 heteroatoms. The van der Waals surface area contributed by atoms with E-state index < -0.39 is 0 Å². The van der Waals surface area contributed by atoms with Gasteiger partial charge < -0.3 is 19.9 Å². The van der Waals surface area contributed by atoms with Gasteiger partial charge in [0.15, 0.2) is 11.5 Å².